The van der Waals surface area contributed by atoms with Crippen molar-refractivity contribution in [3.63, 3.8) is 0 Å². The number of guanidine groups is 1. The molecule has 6 heteroatoms. The van der Waals surface area contributed by atoms with E-state index in [1.807, 2.05) is 54.5 Å². The first-order chi connectivity index (χ1) is 12.3. The third kappa shape index (κ3) is 5.32. The number of rotatable bonds is 8. The van der Waals surface area contributed by atoms with Gasteiger partial charge in [0.15, 0.2) is 5.96 Å². The summed E-state index contributed by atoms with van der Waals surface area (Å²) in [6.07, 6.45) is 6.58. The van der Waals surface area contributed by atoms with Crippen LogP contribution in [0.15, 0.2) is 47.7 Å². The van der Waals surface area contributed by atoms with Gasteiger partial charge in [0.2, 0.25) is 0 Å². The van der Waals surface area contributed by atoms with Crippen molar-refractivity contribution in [3.05, 3.63) is 48.3 Å². The van der Waals surface area contributed by atoms with Gasteiger partial charge < -0.3 is 15.0 Å². The smallest absolute Gasteiger partial charge is 0.193 e. The minimum atomic E-state index is 0.687. The van der Waals surface area contributed by atoms with Crippen molar-refractivity contribution in [2.75, 3.05) is 33.9 Å². The summed E-state index contributed by atoms with van der Waals surface area (Å²) >= 11 is 0. The maximum absolute atomic E-state index is 5.70. The van der Waals surface area contributed by atoms with E-state index in [4.69, 9.17) is 4.74 Å². The lowest BCUT2D eigenvalue weighted by atomic mass is 10.3. The Bertz CT molecular complexity index is 678. The molecule has 2 aromatic rings. The molecule has 3 rings (SSSR count). The van der Waals surface area contributed by atoms with E-state index < -0.39 is 0 Å². The summed E-state index contributed by atoms with van der Waals surface area (Å²) < 4.78 is 7.58. The van der Waals surface area contributed by atoms with Crippen LogP contribution in [0.4, 0.5) is 0 Å². The van der Waals surface area contributed by atoms with Gasteiger partial charge >= 0.3 is 0 Å². The molecule has 0 amide bonds. The molecule has 0 bridgehead atoms. The number of nitrogens with one attached hydrogen (secondary N) is 1. The van der Waals surface area contributed by atoms with E-state index in [-0.39, 0.29) is 0 Å². The van der Waals surface area contributed by atoms with Crippen molar-refractivity contribution >= 4 is 5.96 Å². The van der Waals surface area contributed by atoms with E-state index in [0.717, 1.165) is 42.9 Å². The number of aliphatic imine (C=N–C) groups is 1. The Morgan fingerprint density at radius 3 is 2.88 bits per heavy atom. The van der Waals surface area contributed by atoms with Crippen LogP contribution in [0.5, 0.6) is 0 Å². The van der Waals surface area contributed by atoms with Crippen LogP contribution in [0.2, 0.25) is 0 Å². The molecular weight excluding hydrogens is 314 g/mol. The first kappa shape index (κ1) is 17.5. The number of nitrogens with zero attached hydrogens (tertiary/aromatic N) is 4. The van der Waals surface area contributed by atoms with Gasteiger partial charge in [-0.25, -0.2) is 4.68 Å². The molecule has 0 atom stereocenters. The molecule has 0 radical (unpaired) electrons. The Balaban J connectivity index is 1.45. The standard InChI is InChI=1S/C19H27N5O/c1-20-19(23(2)10-11-25-15-16-8-9-16)21-12-17-13-22-24(14-17)18-6-4-3-5-7-18/h3-7,13-14,16H,8-12,15H2,1-2H3,(H,20,21). The summed E-state index contributed by atoms with van der Waals surface area (Å²) in [6, 6.07) is 10.1. The third-order valence-electron chi connectivity index (χ3n) is 4.30. The van der Waals surface area contributed by atoms with Gasteiger partial charge in [-0.3, -0.25) is 4.99 Å². The monoisotopic (exact) mass is 341 g/mol. The SMILES string of the molecule is CN=C(NCc1cnn(-c2ccccc2)c1)N(C)CCOCC1CC1. The number of likely N-dealkylation sites (N-methyl/N-ethyl adjacent to an activating group) is 1. The third-order valence-corrected chi connectivity index (χ3v) is 4.30. The number of aromatic nitrogens is 2. The number of hydrogen-bond donors (Lipinski definition) is 1. The van der Waals surface area contributed by atoms with Crippen molar-refractivity contribution in [2.45, 2.75) is 19.4 Å². The zero-order chi connectivity index (χ0) is 17.5. The second-order valence-electron chi connectivity index (χ2n) is 6.47. The van der Waals surface area contributed by atoms with Gasteiger partial charge in [0, 0.05) is 45.6 Å². The van der Waals surface area contributed by atoms with Gasteiger partial charge in [0.1, 0.15) is 0 Å². The molecule has 1 aliphatic rings. The number of benzene rings is 1. The van der Waals surface area contributed by atoms with Crippen LogP contribution in [0.3, 0.4) is 0 Å². The number of para-hydroxylation sites is 1. The fourth-order valence-electron chi connectivity index (χ4n) is 2.58. The Morgan fingerprint density at radius 2 is 2.16 bits per heavy atom. The van der Waals surface area contributed by atoms with E-state index in [1.165, 1.54) is 12.8 Å². The summed E-state index contributed by atoms with van der Waals surface area (Å²) in [5, 5.41) is 7.80. The van der Waals surface area contributed by atoms with Crippen molar-refractivity contribution in [2.24, 2.45) is 10.9 Å². The highest BCUT2D eigenvalue weighted by Crippen LogP contribution is 2.28. The molecule has 1 saturated carbocycles. The van der Waals surface area contributed by atoms with Crippen LogP contribution in [-0.2, 0) is 11.3 Å². The average Bonchev–Trinajstić information content (AvgIpc) is 3.35. The topological polar surface area (TPSA) is 54.7 Å². The van der Waals surface area contributed by atoms with E-state index in [9.17, 15) is 0 Å². The lowest BCUT2D eigenvalue weighted by molar-refractivity contribution is 0.115. The maximum Gasteiger partial charge on any atom is 0.193 e. The molecule has 1 aromatic carbocycles. The second-order valence-corrected chi connectivity index (χ2v) is 6.47. The zero-order valence-corrected chi connectivity index (χ0v) is 15.1. The predicted molar refractivity (Wildman–Crippen MR) is 99.9 cm³/mol. The van der Waals surface area contributed by atoms with Crippen LogP contribution in [0.1, 0.15) is 18.4 Å². The lowest BCUT2D eigenvalue weighted by Gasteiger charge is -2.21. The van der Waals surface area contributed by atoms with E-state index in [0.29, 0.717) is 6.54 Å². The van der Waals surface area contributed by atoms with Crippen LogP contribution in [0, 0.1) is 5.92 Å². The number of ether oxygens (including phenoxy) is 1. The van der Waals surface area contributed by atoms with E-state index in [1.54, 1.807) is 7.05 Å². The van der Waals surface area contributed by atoms with E-state index in [2.05, 4.69) is 20.3 Å². The molecule has 1 aromatic heterocycles. The Kier molecular flexibility index (Phi) is 6.06. The van der Waals surface area contributed by atoms with Crippen LogP contribution >= 0.6 is 0 Å². The molecular formula is C19H27N5O. The zero-order valence-electron chi connectivity index (χ0n) is 15.1. The molecule has 0 spiro atoms. The van der Waals surface area contributed by atoms with Gasteiger partial charge in [-0.2, -0.15) is 5.10 Å². The Morgan fingerprint density at radius 1 is 1.36 bits per heavy atom. The molecule has 1 fully saturated rings. The number of hydrogen-bond acceptors (Lipinski definition) is 3. The summed E-state index contributed by atoms with van der Waals surface area (Å²) in [5.74, 6) is 1.67. The minimum Gasteiger partial charge on any atom is -0.379 e. The molecule has 6 nitrogen and oxygen atoms in total. The molecule has 1 N–H and O–H groups in total. The maximum atomic E-state index is 5.70. The van der Waals surface area contributed by atoms with E-state index >= 15 is 0 Å². The minimum absolute atomic E-state index is 0.687. The van der Waals surface area contributed by atoms with Crippen molar-refractivity contribution in [3.8, 4) is 5.69 Å². The van der Waals surface area contributed by atoms with Crippen molar-refractivity contribution < 1.29 is 4.74 Å². The van der Waals surface area contributed by atoms with Gasteiger partial charge in [-0.15, -0.1) is 0 Å². The van der Waals surface area contributed by atoms with Crippen molar-refractivity contribution in [1.29, 1.82) is 0 Å². The molecule has 25 heavy (non-hydrogen) atoms. The van der Waals surface area contributed by atoms with Gasteiger partial charge in [-0.1, -0.05) is 18.2 Å². The average molecular weight is 341 g/mol. The summed E-state index contributed by atoms with van der Waals surface area (Å²) in [6.45, 7) is 3.15. The van der Waals surface area contributed by atoms with Crippen LogP contribution in [0.25, 0.3) is 5.69 Å². The first-order valence-electron chi connectivity index (χ1n) is 8.85. The fraction of sp³-hybridized carbons (Fsp3) is 0.474. The molecule has 134 valence electrons. The quantitative estimate of drug-likeness (QED) is 0.455. The second kappa shape index (κ2) is 8.67. The highest BCUT2D eigenvalue weighted by molar-refractivity contribution is 5.79. The van der Waals surface area contributed by atoms with Crippen LogP contribution < -0.4 is 5.32 Å². The lowest BCUT2D eigenvalue weighted by Crippen LogP contribution is -2.40. The molecule has 0 saturated heterocycles. The summed E-state index contributed by atoms with van der Waals surface area (Å²) in [7, 11) is 3.83. The molecule has 1 heterocycles. The summed E-state index contributed by atoms with van der Waals surface area (Å²) in [5.41, 5.74) is 2.17. The molecule has 0 aliphatic heterocycles. The highest BCUT2D eigenvalue weighted by Gasteiger charge is 2.21. The van der Waals surface area contributed by atoms with Crippen molar-refractivity contribution in [1.82, 2.24) is 20.0 Å². The first-order valence-corrected chi connectivity index (χ1v) is 8.85. The fourth-order valence-corrected chi connectivity index (χ4v) is 2.58. The van der Waals surface area contributed by atoms with Gasteiger partial charge in [0.05, 0.1) is 18.5 Å². The van der Waals surface area contributed by atoms with Gasteiger partial charge in [-0.05, 0) is 30.9 Å². The Hall–Kier alpha value is -2.34. The summed E-state index contributed by atoms with van der Waals surface area (Å²) in [4.78, 5) is 6.43. The molecule has 1 aliphatic carbocycles. The Labute approximate surface area is 149 Å². The largest absolute Gasteiger partial charge is 0.379 e. The van der Waals surface area contributed by atoms with Crippen LogP contribution in [-0.4, -0.2) is 54.5 Å². The predicted octanol–water partition coefficient (Wildman–Crippen LogP) is 2.31. The highest BCUT2D eigenvalue weighted by atomic mass is 16.5. The van der Waals surface area contributed by atoms with Gasteiger partial charge in [0.25, 0.3) is 0 Å². The molecule has 0 unspecified atom stereocenters. The normalized spacial score (nSPS) is 14.6.